The highest BCUT2D eigenvalue weighted by atomic mass is 19.1. The van der Waals surface area contributed by atoms with Crippen LogP contribution in [0, 0.1) is 35.0 Å². The summed E-state index contributed by atoms with van der Waals surface area (Å²) in [6, 6.07) is 1.61. The van der Waals surface area contributed by atoms with Crippen molar-refractivity contribution in [3.63, 3.8) is 0 Å². The van der Waals surface area contributed by atoms with Gasteiger partial charge in [-0.05, 0) is 55.4 Å². The molecule has 0 aromatic rings. The maximum atomic E-state index is 13.0. The first-order valence-electron chi connectivity index (χ1n) is 10.5. The number of hydrogen-bond donors (Lipinski definition) is 0. The van der Waals surface area contributed by atoms with Gasteiger partial charge in [0.05, 0.1) is 0 Å². The van der Waals surface area contributed by atoms with E-state index in [4.69, 9.17) is 5.26 Å². The molecule has 0 radical (unpaired) electrons. The zero-order valence-corrected chi connectivity index (χ0v) is 15.6. The van der Waals surface area contributed by atoms with Gasteiger partial charge in [-0.15, -0.1) is 0 Å². The van der Waals surface area contributed by atoms with Crippen LogP contribution in [0.2, 0.25) is 0 Å². The molecule has 0 N–H and O–H groups in total. The first-order chi connectivity index (χ1) is 11.7. The van der Waals surface area contributed by atoms with Crippen molar-refractivity contribution < 1.29 is 4.39 Å². The van der Waals surface area contributed by atoms with Crippen molar-refractivity contribution >= 4 is 0 Å². The first-order valence-corrected chi connectivity index (χ1v) is 10.5. The van der Waals surface area contributed by atoms with Gasteiger partial charge in [0.1, 0.15) is 6.07 Å². The Morgan fingerprint density at radius 3 is 1.88 bits per heavy atom. The van der Waals surface area contributed by atoms with Crippen LogP contribution in [0.5, 0.6) is 0 Å². The number of halogens is 1. The van der Waals surface area contributed by atoms with Crippen LogP contribution < -0.4 is 0 Å². The predicted molar refractivity (Wildman–Crippen MR) is 99.1 cm³/mol. The van der Waals surface area contributed by atoms with E-state index >= 15 is 0 Å². The van der Waals surface area contributed by atoms with Crippen molar-refractivity contribution in [2.45, 2.75) is 96.8 Å². The zero-order valence-electron chi connectivity index (χ0n) is 15.6. The Morgan fingerprint density at radius 1 is 0.875 bits per heavy atom. The molecule has 136 valence electrons. The highest BCUT2D eigenvalue weighted by molar-refractivity contribution is 5.13. The number of nitrogens with zero attached hydrogens (tertiary/aromatic N) is 1. The fourth-order valence-corrected chi connectivity index (χ4v) is 4.85. The van der Waals surface area contributed by atoms with E-state index in [1.54, 1.807) is 12.1 Å². The van der Waals surface area contributed by atoms with Gasteiger partial charge in [0.2, 0.25) is 0 Å². The van der Waals surface area contributed by atoms with Gasteiger partial charge in [-0.1, -0.05) is 71.1 Å². The molecule has 2 rings (SSSR count). The molecule has 1 nitrogen and oxygen atoms in total. The molecule has 0 saturated heterocycles. The molecule has 0 bridgehead atoms. The van der Waals surface area contributed by atoms with Crippen molar-refractivity contribution in [3.8, 4) is 6.07 Å². The lowest BCUT2D eigenvalue weighted by Gasteiger charge is -2.31. The SMILES string of the molecule is CCCCC[C@H]1CC[C@H](CC[C@H]2CC[C@H](C=C(F)C#N)CC2)CC1. The Balaban J connectivity index is 1.56. The minimum Gasteiger partial charge on any atom is -0.195 e. The predicted octanol–water partition coefficient (Wildman–Crippen LogP) is 7.34. The second kappa shape index (κ2) is 10.9. The monoisotopic (exact) mass is 333 g/mol. The quantitative estimate of drug-likeness (QED) is 0.337. The number of nitriles is 1. The number of allylic oxidation sites excluding steroid dienone is 2. The van der Waals surface area contributed by atoms with Gasteiger partial charge in [0, 0.05) is 0 Å². The van der Waals surface area contributed by atoms with Gasteiger partial charge in [-0.2, -0.15) is 9.65 Å². The summed E-state index contributed by atoms with van der Waals surface area (Å²) in [6.07, 6.45) is 20.5. The van der Waals surface area contributed by atoms with Gasteiger partial charge in [0.15, 0.2) is 5.83 Å². The molecular weight excluding hydrogens is 297 g/mol. The Hall–Kier alpha value is -0.840. The van der Waals surface area contributed by atoms with Crippen molar-refractivity contribution in [1.82, 2.24) is 0 Å². The van der Waals surface area contributed by atoms with Crippen LogP contribution >= 0.6 is 0 Å². The van der Waals surface area contributed by atoms with Crippen LogP contribution in [-0.4, -0.2) is 0 Å². The average Bonchev–Trinajstić information content (AvgIpc) is 2.62. The molecule has 0 aromatic carbocycles. The largest absolute Gasteiger partial charge is 0.196 e. The summed E-state index contributed by atoms with van der Waals surface area (Å²) in [4.78, 5) is 0. The van der Waals surface area contributed by atoms with E-state index in [1.165, 1.54) is 77.0 Å². The van der Waals surface area contributed by atoms with Crippen LogP contribution in [0.15, 0.2) is 11.9 Å². The van der Waals surface area contributed by atoms with E-state index in [0.29, 0.717) is 5.92 Å². The van der Waals surface area contributed by atoms with E-state index in [9.17, 15) is 4.39 Å². The molecule has 0 heterocycles. The van der Waals surface area contributed by atoms with Gasteiger partial charge in [0.25, 0.3) is 0 Å². The normalized spacial score (nSPS) is 31.6. The zero-order chi connectivity index (χ0) is 17.2. The number of hydrogen-bond acceptors (Lipinski definition) is 1. The summed E-state index contributed by atoms with van der Waals surface area (Å²) in [5.74, 6) is 2.56. The van der Waals surface area contributed by atoms with Crippen LogP contribution in [0.3, 0.4) is 0 Å². The Kier molecular flexibility index (Phi) is 8.86. The second-order valence-corrected chi connectivity index (χ2v) is 8.37. The molecule has 0 aromatic heterocycles. The van der Waals surface area contributed by atoms with Gasteiger partial charge < -0.3 is 0 Å². The molecule has 0 amide bonds. The summed E-state index contributed by atoms with van der Waals surface area (Å²) < 4.78 is 13.0. The van der Waals surface area contributed by atoms with E-state index in [2.05, 4.69) is 6.92 Å². The smallest absolute Gasteiger partial charge is 0.195 e. The van der Waals surface area contributed by atoms with E-state index in [1.807, 2.05) is 0 Å². The van der Waals surface area contributed by atoms with E-state index in [0.717, 1.165) is 30.6 Å². The third kappa shape index (κ3) is 6.96. The summed E-state index contributed by atoms with van der Waals surface area (Å²) in [5.41, 5.74) is 0. The number of rotatable bonds is 8. The summed E-state index contributed by atoms with van der Waals surface area (Å²) in [5, 5.41) is 8.53. The van der Waals surface area contributed by atoms with Crippen LogP contribution in [-0.2, 0) is 0 Å². The standard InChI is InChI=1S/C22H36FN/c1-2-3-4-5-18-6-8-19(9-7-18)10-11-20-12-14-21(15-13-20)16-22(23)17-24/h16,18-21H,2-15H2,1H3/t18-,19-,20-,21-. The Bertz CT molecular complexity index is 406. The summed E-state index contributed by atoms with van der Waals surface area (Å²) in [6.45, 7) is 2.29. The van der Waals surface area contributed by atoms with Crippen LogP contribution in [0.25, 0.3) is 0 Å². The minimum absolute atomic E-state index is 0.305. The lowest BCUT2D eigenvalue weighted by atomic mass is 9.75. The molecule has 2 heteroatoms. The van der Waals surface area contributed by atoms with Crippen molar-refractivity contribution in [2.75, 3.05) is 0 Å². The molecule has 0 unspecified atom stereocenters. The highest BCUT2D eigenvalue weighted by Gasteiger charge is 2.24. The number of unbranched alkanes of at least 4 members (excludes halogenated alkanes) is 2. The highest BCUT2D eigenvalue weighted by Crippen LogP contribution is 2.38. The molecular formula is C22H36FN. The van der Waals surface area contributed by atoms with E-state index < -0.39 is 5.83 Å². The van der Waals surface area contributed by atoms with Gasteiger partial charge >= 0.3 is 0 Å². The molecule has 0 aliphatic heterocycles. The topological polar surface area (TPSA) is 23.8 Å². The van der Waals surface area contributed by atoms with Crippen molar-refractivity contribution in [2.24, 2.45) is 23.7 Å². The van der Waals surface area contributed by atoms with Crippen LogP contribution in [0.1, 0.15) is 96.8 Å². The first kappa shape index (κ1) is 19.5. The second-order valence-electron chi connectivity index (χ2n) is 8.37. The lowest BCUT2D eigenvalue weighted by molar-refractivity contribution is 0.219. The summed E-state index contributed by atoms with van der Waals surface area (Å²) >= 11 is 0. The lowest BCUT2D eigenvalue weighted by Crippen LogP contribution is -2.18. The van der Waals surface area contributed by atoms with Gasteiger partial charge in [-0.3, -0.25) is 0 Å². The molecule has 2 fully saturated rings. The van der Waals surface area contributed by atoms with E-state index in [-0.39, 0.29) is 0 Å². The fourth-order valence-electron chi connectivity index (χ4n) is 4.85. The average molecular weight is 334 g/mol. The Morgan fingerprint density at radius 2 is 1.38 bits per heavy atom. The molecule has 0 atom stereocenters. The summed E-state index contributed by atoms with van der Waals surface area (Å²) in [7, 11) is 0. The Labute approximate surface area is 148 Å². The molecule has 2 aliphatic rings. The molecule has 24 heavy (non-hydrogen) atoms. The van der Waals surface area contributed by atoms with Crippen molar-refractivity contribution in [1.29, 1.82) is 5.26 Å². The molecule has 0 spiro atoms. The molecule has 2 saturated carbocycles. The minimum atomic E-state index is -0.589. The third-order valence-electron chi connectivity index (χ3n) is 6.55. The molecule has 2 aliphatic carbocycles. The third-order valence-corrected chi connectivity index (χ3v) is 6.55. The maximum Gasteiger partial charge on any atom is 0.196 e. The van der Waals surface area contributed by atoms with Crippen molar-refractivity contribution in [3.05, 3.63) is 11.9 Å². The fraction of sp³-hybridized carbons (Fsp3) is 0.864. The maximum absolute atomic E-state index is 13.0. The van der Waals surface area contributed by atoms with Crippen LogP contribution in [0.4, 0.5) is 4.39 Å². The van der Waals surface area contributed by atoms with Gasteiger partial charge in [-0.25, -0.2) is 0 Å².